The molecule has 0 heterocycles. The van der Waals surface area contributed by atoms with Crippen molar-refractivity contribution in [3.63, 3.8) is 0 Å². The molecule has 106 valence electrons. The smallest absolute Gasteiger partial charge is 0.257 e. The summed E-state index contributed by atoms with van der Waals surface area (Å²) in [6.07, 6.45) is 0.955. The number of nitrogens with two attached hydrogens (primary N) is 1. The standard InChI is InChI=1S/C14H21ClN2O2/c1-10(2)6-7-17-14(18)9-19-13-5-3-4-12(15)11(13)8-16/h3-5,10H,6-9,16H2,1-2H3,(H,17,18). The summed E-state index contributed by atoms with van der Waals surface area (Å²) in [5.74, 6) is 0.996. The van der Waals surface area contributed by atoms with Gasteiger partial charge in [-0.3, -0.25) is 4.79 Å². The summed E-state index contributed by atoms with van der Waals surface area (Å²) in [6, 6.07) is 5.28. The Morgan fingerprint density at radius 3 is 2.84 bits per heavy atom. The number of amides is 1. The van der Waals surface area contributed by atoms with E-state index in [1.165, 1.54) is 0 Å². The first-order valence-corrected chi connectivity index (χ1v) is 6.79. The number of carbonyl (C=O) groups is 1. The van der Waals surface area contributed by atoms with Crippen LogP contribution in [0.3, 0.4) is 0 Å². The lowest BCUT2D eigenvalue weighted by Crippen LogP contribution is -2.30. The highest BCUT2D eigenvalue weighted by Crippen LogP contribution is 2.25. The summed E-state index contributed by atoms with van der Waals surface area (Å²) in [5, 5.41) is 3.36. The van der Waals surface area contributed by atoms with Crippen molar-refractivity contribution in [2.75, 3.05) is 13.2 Å². The summed E-state index contributed by atoms with van der Waals surface area (Å²) < 4.78 is 5.45. The average molecular weight is 285 g/mol. The van der Waals surface area contributed by atoms with Crippen LogP contribution in [0.5, 0.6) is 5.75 Å². The summed E-state index contributed by atoms with van der Waals surface area (Å²) in [7, 11) is 0. The molecule has 5 heteroatoms. The lowest BCUT2D eigenvalue weighted by atomic mass is 10.1. The first kappa shape index (κ1) is 15.8. The minimum atomic E-state index is -0.136. The zero-order valence-corrected chi connectivity index (χ0v) is 12.2. The van der Waals surface area contributed by atoms with Gasteiger partial charge in [0.1, 0.15) is 5.75 Å². The molecule has 1 aromatic carbocycles. The quantitative estimate of drug-likeness (QED) is 0.808. The fourth-order valence-electron chi connectivity index (χ4n) is 1.57. The molecule has 0 bridgehead atoms. The van der Waals surface area contributed by atoms with Gasteiger partial charge in [-0.05, 0) is 24.5 Å². The van der Waals surface area contributed by atoms with Gasteiger partial charge in [-0.15, -0.1) is 0 Å². The third kappa shape index (κ3) is 5.49. The van der Waals surface area contributed by atoms with Crippen molar-refractivity contribution in [3.05, 3.63) is 28.8 Å². The van der Waals surface area contributed by atoms with Gasteiger partial charge in [0.05, 0.1) is 0 Å². The molecule has 0 saturated carbocycles. The van der Waals surface area contributed by atoms with Gasteiger partial charge in [-0.2, -0.15) is 0 Å². The number of carbonyl (C=O) groups excluding carboxylic acids is 1. The molecule has 3 N–H and O–H groups in total. The van der Waals surface area contributed by atoms with E-state index in [2.05, 4.69) is 19.2 Å². The third-order valence-electron chi connectivity index (χ3n) is 2.68. The average Bonchev–Trinajstić information content (AvgIpc) is 2.36. The predicted octanol–water partition coefficient (Wildman–Crippen LogP) is 2.34. The summed E-state index contributed by atoms with van der Waals surface area (Å²) in [5.41, 5.74) is 6.33. The zero-order valence-electron chi connectivity index (χ0n) is 11.4. The largest absolute Gasteiger partial charge is 0.483 e. The highest BCUT2D eigenvalue weighted by atomic mass is 35.5. The molecular weight excluding hydrogens is 264 g/mol. The Bertz CT molecular complexity index is 422. The molecule has 0 aliphatic heterocycles. The Hall–Kier alpha value is -1.26. The van der Waals surface area contributed by atoms with Gasteiger partial charge in [0.25, 0.3) is 5.91 Å². The SMILES string of the molecule is CC(C)CCNC(=O)COc1cccc(Cl)c1CN. The molecule has 0 aromatic heterocycles. The first-order chi connectivity index (χ1) is 9.04. The van der Waals surface area contributed by atoms with Crippen molar-refractivity contribution in [2.24, 2.45) is 11.7 Å². The van der Waals surface area contributed by atoms with Crippen LogP contribution in [0, 0.1) is 5.92 Å². The van der Waals surface area contributed by atoms with E-state index in [-0.39, 0.29) is 19.1 Å². The van der Waals surface area contributed by atoms with Crippen molar-refractivity contribution in [1.82, 2.24) is 5.32 Å². The maximum atomic E-state index is 11.6. The van der Waals surface area contributed by atoms with E-state index in [0.29, 0.717) is 23.2 Å². The molecule has 0 radical (unpaired) electrons. The van der Waals surface area contributed by atoms with Crippen LogP contribution >= 0.6 is 11.6 Å². The Labute approximate surface area is 119 Å². The minimum Gasteiger partial charge on any atom is -0.483 e. The second-order valence-electron chi connectivity index (χ2n) is 4.74. The van der Waals surface area contributed by atoms with E-state index in [9.17, 15) is 4.79 Å². The van der Waals surface area contributed by atoms with Crippen LogP contribution < -0.4 is 15.8 Å². The zero-order chi connectivity index (χ0) is 14.3. The Kier molecular flexibility index (Phi) is 6.67. The van der Waals surface area contributed by atoms with Crippen LogP contribution in [-0.4, -0.2) is 19.1 Å². The Balaban J connectivity index is 2.44. The van der Waals surface area contributed by atoms with E-state index < -0.39 is 0 Å². The van der Waals surface area contributed by atoms with E-state index >= 15 is 0 Å². The van der Waals surface area contributed by atoms with Gasteiger partial charge in [-0.1, -0.05) is 31.5 Å². The number of benzene rings is 1. The van der Waals surface area contributed by atoms with Crippen molar-refractivity contribution >= 4 is 17.5 Å². The van der Waals surface area contributed by atoms with Gasteiger partial charge in [-0.25, -0.2) is 0 Å². The maximum Gasteiger partial charge on any atom is 0.257 e. The fraction of sp³-hybridized carbons (Fsp3) is 0.500. The second-order valence-corrected chi connectivity index (χ2v) is 5.15. The topological polar surface area (TPSA) is 64.3 Å². The lowest BCUT2D eigenvalue weighted by molar-refractivity contribution is -0.123. The van der Waals surface area contributed by atoms with Crippen molar-refractivity contribution in [3.8, 4) is 5.75 Å². The number of hydrogen-bond acceptors (Lipinski definition) is 3. The summed E-state index contributed by atoms with van der Waals surface area (Å²) >= 11 is 6.00. The van der Waals surface area contributed by atoms with Crippen LogP contribution in [0.15, 0.2) is 18.2 Å². The van der Waals surface area contributed by atoms with Gasteiger partial charge in [0.15, 0.2) is 6.61 Å². The molecule has 0 fully saturated rings. The summed E-state index contributed by atoms with van der Waals surface area (Å²) in [4.78, 5) is 11.6. The van der Waals surface area contributed by atoms with Crippen molar-refractivity contribution < 1.29 is 9.53 Å². The van der Waals surface area contributed by atoms with E-state index in [1.54, 1.807) is 18.2 Å². The first-order valence-electron chi connectivity index (χ1n) is 6.41. The molecule has 1 aromatic rings. The maximum absolute atomic E-state index is 11.6. The highest BCUT2D eigenvalue weighted by molar-refractivity contribution is 6.31. The molecule has 0 unspecified atom stereocenters. The van der Waals surface area contributed by atoms with Crippen LogP contribution in [0.4, 0.5) is 0 Å². The third-order valence-corrected chi connectivity index (χ3v) is 3.04. The molecule has 0 atom stereocenters. The molecule has 4 nitrogen and oxygen atoms in total. The minimum absolute atomic E-state index is 0.0224. The van der Waals surface area contributed by atoms with Crippen molar-refractivity contribution in [1.29, 1.82) is 0 Å². The monoisotopic (exact) mass is 284 g/mol. The Morgan fingerprint density at radius 2 is 2.21 bits per heavy atom. The van der Waals surface area contributed by atoms with Crippen LogP contribution in [0.2, 0.25) is 5.02 Å². The number of hydrogen-bond donors (Lipinski definition) is 2. The van der Waals surface area contributed by atoms with E-state index in [0.717, 1.165) is 12.0 Å². The lowest BCUT2D eigenvalue weighted by Gasteiger charge is -2.12. The van der Waals surface area contributed by atoms with Gasteiger partial charge < -0.3 is 15.8 Å². The Morgan fingerprint density at radius 1 is 1.47 bits per heavy atom. The number of halogens is 1. The summed E-state index contributed by atoms with van der Waals surface area (Å²) in [6.45, 7) is 5.15. The predicted molar refractivity (Wildman–Crippen MR) is 77.3 cm³/mol. The highest BCUT2D eigenvalue weighted by Gasteiger charge is 2.08. The number of ether oxygens (including phenoxy) is 1. The molecule has 0 aliphatic rings. The second kappa shape index (κ2) is 8.02. The van der Waals surface area contributed by atoms with Crippen molar-refractivity contribution in [2.45, 2.75) is 26.8 Å². The fourth-order valence-corrected chi connectivity index (χ4v) is 1.81. The normalized spacial score (nSPS) is 10.6. The molecule has 0 aliphatic carbocycles. The number of rotatable bonds is 7. The van der Waals surface area contributed by atoms with Gasteiger partial charge in [0, 0.05) is 23.7 Å². The number of nitrogens with one attached hydrogen (secondary N) is 1. The van der Waals surface area contributed by atoms with Gasteiger partial charge >= 0.3 is 0 Å². The molecule has 0 spiro atoms. The van der Waals surface area contributed by atoms with Crippen LogP contribution in [0.25, 0.3) is 0 Å². The molecular formula is C14H21ClN2O2. The van der Waals surface area contributed by atoms with Crippen LogP contribution in [0.1, 0.15) is 25.8 Å². The molecule has 1 rings (SSSR count). The molecule has 19 heavy (non-hydrogen) atoms. The van der Waals surface area contributed by atoms with Crippen LogP contribution in [-0.2, 0) is 11.3 Å². The molecule has 1 amide bonds. The molecule has 0 saturated heterocycles. The van der Waals surface area contributed by atoms with E-state index in [1.807, 2.05) is 0 Å². The van der Waals surface area contributed by atoms with Gasteiger partial charge in [0.2, 0.25) is 0 Å². The van der Waals surface area contributed by atoms with E-state index in [4.69, 9.17) is 22.1 Å².